The molecule has 0 N–H and O–H groups in total. The molecule has 0 bridgehead atoms. The number of hydrogen-bond donors (Lipinski definition) is 0. The Morgan fingerprint density at radius 3 is 1.00 bits per heavy atom. The van der Waals surface area contributed by atoms with Gasteiger partial charge >= 0.3 is 6.18 Å². The van der Waals surface area contributed by atoms with E-state index in [-0.39, 0.29) is 0 Å². The van der Waals surface area contributed by atoms with E-state index in [9.17, 15) is 13.2 Å². The molecule has 0 saturated heterocycles. The minimum absolute atomic E-state index is 0.476. The van der Waals surface area contributed by atoms with Crippen LogP contribution >= 0.6 is 0 Å². The zero-order valence-corrected chi connectivity index (χ0v) is 26.4. The largest absolute Gasteiger partial charge is 0.453 e. The molecule has 2 aliphatic rings. The highest BCUT2D eigenvalue weighted by molar-refractivity contribution is 5.88. The van der Waals surface area contributed by atoms with Gasteiger partial charge in [-0.15, -0.1) is 0 Å². The van der Waals surface area contributed by atoms with Crippen LogP contribution in [0.5, 0.6) is 23.0 Å². The molecular weight excluding hydrogens is 633 g/mol. The predicted molar refractivity (Wildman–Crippen MR) is 192 cm³/mol. The highest BCUT2D eigenvalue weighted by atomic mass is 19.4. The van der Waals surface area contributed by atoms with E-state index in [1.165, 1.54) is 12.1 Å². The molecule has 7 aromatic rings. The van der Waals surface area contributed by atoms with Crippen LogP contribution in [0.1, 0.15) is 5.56 Å². The first-order valence-electron chi connectivity index (χ1n) is 16.2. The van der Waals surface area contributed by atoms with E-state index in [0.29, 0.717) is 22.3 Å². The summed E-state index contributed by atoms with van der Waals surface area (Å²) in [5.74, 6) is 2.91. The van der Waals surface area contributed by atoms with Gasteiger partial charge in [0.15, 0.2) is 23.0 Å². The molecule has 242 valence electrons. The minimum Gasteiger partial charge on any atom is -0.453 e. The van der Waals surface area contributed by atoms with Crippen molar-refractivity contribution in [3.05, 3.63) is 169 Å². The number of ether oxygens (including phenoxy) is 2. The van der Waals surface area contributed by atoms with Crippen molar-refractivity contribution in [3.8, 4) is 45.3 Å². The van der Waals surface area contributed by atoms with E-state index >= 15 is 0 Å². The van der Waals surface area contributed by atoms with Gasteiger partial charge < -0.3 is 19.3 Å². The predicted octanol–water partition coefficient (Wildman–Crippen LogP) is 13.2. The van der Waals surface area contributed by atoms with E-state index in [2.05, 4.69) is 9.80 Å². The fourth-order valence-electron chi connectivity index (χ4n) is 6.70. The highest BCUT2D eigenvalue weighted by Gasteiger charge is 2.32. The van der Waals surface area contributed by atoms with Gasteiger partial charge in [-0.05, 0) is 113 Å². The fourth-order valence-corrected chi connectivity index (χ4v) is 6.70. The van der Waals surface area contributed by atoms with Crippen molar-refractivity contribution >= 4 is 34.1 Å². The highest BCUT2D eigenvalue weighted by Crippen LogP contribution is 2.52. The van der Waals surface area contributed by atoms with E-state index in [1.54, 1.807) is 0 Å². The summed E-state index contributed by atoms with van der Waals surface area (Å²) in [5.41, 5.74) is 6.86. The Kier molecular flexibility index (Phi) is 6.88. The number of alkyl halides is 3. The zero-order chi connectivity index (χ0) is 33.8. The average molecular weight is 661 g/mol. The third-order valence-corrected chi connectivity index (χ3v) is 9.04. The monoisotopic (exact) mass is 660 g/mol. The number of fused-ring (bicyclic) bond motifs is 4. The van der Waals surface area contributed by atoms with Crippen LogP contribution < -0.4 is 19.3 Å². The minimum atomic E-state index is -4.52. The van der Waals surface area contributed by atoms with Gasteiger partial charge in [-0.1, -0.05) is 72.8 Å². The molecule has 0 unspecified atom stereocenters. The third kappa shape index (κ3) is 5.11. The number of anilines is 6. The Balaban J connectivity index is 1.08. The van der Waals surface area contributed by atoms with Crippen LogP contribution in [0.4, 0.5) is 47.3 Å². The van der Waals surface area contributed by atoms with Gasteiger partial charge in [0, 0.05) is 11.4 Å². The Labute approximate surface area is 286 Å². The molecule has 7 heteroatoms. The SMILES string of the molecule is FC(F)(F)c1cc(-c2ccc(N3c4ccccc4Oc4ccccc43)cc2)cc(-c2ccc(N3c4ccccc4Oc4ccccc43)cc2)c1. The summed E-state index contributed by atoms with van der Waals surface area (Å²) in [6.07, 6.45) is -4.52. The standard InChI is InChI=1S/C43H27F3N2O2/c44-43(45,46)32-26-30(28-17-21-33(22-18-28)47-35-9-1-5-13-39(35)49-40-14-6-2-10-36(40)47)25-31(27-32)29-19-23-34(24-20-29)48-37-11-3-7-15-41(37)50-42-16-8-4-12-38(42)48/h1-27H. The summed E-state index contributed by atoms with van der Waals surface area (Å²) in [6, 6.07) is 50.6. The number of rotatable bonds is 4. The van der Waals surface area contributed by atoms with Crippen molar-refractivity contribution < 1.29 is 22.6 Å². The lowest BCUT2D eigenvalue weighted by Crippen LogP contribution is -2.15. The van der Waals surface area contributed by atoms with Crippen molar-refractivity contribution in [2.75, 3.05) is 9.80 Å². The van der Waals surface area contributed by atoms with E-state index in [1.807, 2.05) is 152 Å². The van der Waals surface area contributed by atoms with Crippen LogP contribution in [0.25, 0.3) is 22.3 Å². The van der Waals surface area contributed by atoms with Crippen LogP contribution in [0, 0.1) is 0 Å². The molecule has 0 radical (unpaired) electrons. The third-order valence-electron chi connectivity index (χ3n) is 9.04. The zero-order valence-electron chi connectivity index (χ0n) is 26.4. The van der Waals surface area contributed by atoms with Gasteiger partial charge in [-0.3, -0.25) is 0 Å². The lowest BCUT2D eigenvalue weighted by molar-refractivity contribution is -0.137. The van der Waals surface area contributed by atoms with Gasteiger partial charge in [-0.25, -0.2) is 0 Å². The van der Waals surface area contributed by atoms with Crippen LogP contribution in [0.15, 0.2) is 164 Å². The molecule has 0 spiro atoms. The Bertz CT molecular complexity index is 2140. The van der Waals surface area contributed by atoms with Gasteiger partial charge in [0.2, 0.25) is 0 Å². The van der Waals surface area contributed by atoms with Crippen LogP contribution in [-0.4, -0.2) is 0 Å². The smallest absolute Gasteiger partial charge is 0.416 e. The summed E-state index contributed by atoms with van der Waals surface area (Å²) in [7, 11) is 0. The summed E-state index contributed by atoms with van der Waals surface area (Å²) in [4.78, 5) is 4.20. The second-order valence-corrected chi connectivity index (χ2v) is 12.1. The van der Waals surface area contributed by atoms with Crippen LogP contribution in [-0.2, 0) is 6.18 Å². The number of halogens is 3. The van der Waals surface area contributed by atoms with Crippen molar-refractivity contribution in [3.63, 3.8) is 0 Å². The molecule has 7 aromatic carbocycles. The lowest BCUT2D eigenvalue weighted by Gasteiger charge is -2.32. The molecule has 0 amide bonds. The van der Waals surface area contributed by atoms with Gasteiger partial charge in [0.25, 0.3) is 0 Å². The quantitative estimate of drug-likeness (QED) is 0.188. The van der Waals surface area contributed by atoms with Crippen molar-refractivity contribution in [2.45, 2.75) is 6.18 Å². The summed E-state index contributed by atoms with van der Waals surface area (Å²) in [5, 5.41) is 0. The second kappa shape index (κ2) is 11.6. The van der Waals surface area contributed by atoms with E-state index < -0.39 is 11.7 Å². The normalized spacial score (nSPS) is 12.9. The molecule has 0 saturated carbocycles. The first kappa shape index (κ1) is 29.7. The van der Waals surface area contributed by atoms with Crippen molar-refractivity contribution in [1.82, 2.24) is 0 Å². The number of para-hydroxylation sites is 8. The molecule has 0 atom stereocenters. The molecule has 50 heavy (non-hydrogen) atoms. The maximum atomic E-state index is 14.3. The van der Waals surface area contributed by atoms with Crippen molar-refractivity contribution in [2.24, 2.45) is 0 Å². The molecule has 2 heterocycles. The first-order chi connectivity index (χ1) is 24.4. The topological polar surface area (TPSA) is 24.9 Å². The molecule has 4 nitrogen and oxygen atoms in total. The Morgan fingerprint density at radius 2 is 0.680 bits per heavy atom. The molecule has 0 fully saturated rings. The van der Waals surface area contributed by atoms with E-state index in [0.717, 1.165) is 57.1 Å². The average Bonchev–Trinajstić information content (AvgIpc) is 3.15. The Morgan fingerprint density at radius 1 is 0.360 bits per heavy atom. The van der Waals surface area contributed by atoms with Crippen LogP contribution in [0.3, 0.4) is 0 Å². The first-order valence-corrected chi connectivity index (χ1v) is 16.2. The number of benzene rings is 7. The molecular formula is C43H27F3N2O2. The maximum Gasteiger partial charge on any atom is 0.416 e. The van der Waals surface area contributed by atoms with Gasteiger partial charge in [0.1, 0.15) is 0 Å². The number of nitrogens with zero attached hydrogens (tertiary/aromatic N) is 2. The van der Waals surface area contributed by atoms with E-state index in [4.69, 9.17) is 9.47 Å². The lowest BCUT2D eigenvalue weighted by atomic mass is 9.95. The molecule has 0 aliphatic carbocycles. The Hall–Kier alpha value is -6.47. The molecule has 2 aliphatic heterocycles. The number of hydrogen-bond acceptors (Lipinski definition) is 4. The summed E-state index contributed by atoms with van der Waals surface area (Å²) in [6.45, 7) is 0. The second-order valence-electron chi connectivity index (χ2n) is 12.1. The summed E-state index contributed by atoms with van der Waals surface area (Å²) < 4.78 is 55.2. The fraction of sp³-hybridized carbons (Fsp3) is 0.0233. The van der Waals surface area contributed by atoms with Gasteiger partial charge in [0.05, 0.1) is 28.3 Å². The van der Waals surface area contributed by atoms with Gasteiger partial charge in [-0.2, -0.15) is 13.2 Å². The van der Waals surface area contributed by atoms with Crippen LogP contribution in [0.2, 0.25) is 0 Å². The molecule has 0 aromatic heterocycles. The molecule has 9 rings (SSSR count). The van der Waals surface area contributed by atoms with Crippen molar-refractivity contribution in [1.29, 1.82) is 0 Å². The summed E-state index contributed by atoms with van der Waals surface area (Å²) >= 11 is 0. The maximum absolute atomic E-state index is 14.3.